The smallest absolute Gasteiger partial charge is 0.227 e. The molecule has 0 amide bonds. The number of para-hydroxylation sites is 1. The number of aromatic nitrogens is 2. The number of hydrogen-bond acceptors (Lipinski definition) is 3. The van der Waals surface area contributed by atoms with Crippen molar-refractivity contribution >= 4 is 22.1 Å². The summed E-state index contributed by atoms with van der Waals surface area (Å²) in [4.78, 5) is 8.23. The van der Waals surface area contributed by atoms with Gasteiger partial charge in [-0.25, -0.2) is 4.98 Å². The zero-order chi connectivity index (χ0) is 27.8. The highest BCUT2D eigenvalue weighted by Crippen LogP contribution is 2.35. The van der Waals surface area contributed by atoms with Crippen LogP contribution in [0.4, 0.5) is 0 Å². The lowest BCUT2D eigenvalue weighted by molar-refractivity contribution is 0.653. The van der Waals surface area contributed by atoms with Crippen molar-refractivity contribution in [2.75, 3.05) is 0 Å². The summed E-state index contributed by atoms with van der Waals surface area (Å²) in [5.41, 5.74) is -1.16. The molecule has 4 aromatic rings. The van der Waals surface area contributed by atoms with E-state index in [0.29, 0.717) is 10.8 Å². The predicted molar refractivity (Wildman–Crippen MR) is 98.3 cm³/mol. The van der Waals surface area contributed by atoms with E-state index in [-0.39, 0.29) is 28.2 Å². The van der Waals surface area contributed by atoms with Gasteiger partial charge >= 0.3 is 0 Å². The van der Waals surface area contributed by atoms with Gasteiger partial charge in [-0.05, 0) is 55.0 Å². The SMILES string of the molecule is [2H]C([2H])([2H])c1ccc2c(n1)oc1c(-c3cc(C([2H])(C([2H])([2H])[2H])C([2H])([2H])[2H])c(C([2H])([2H])[2H])cn3)cccc12. The molecule has 0 fully saturated rings. The highest BCUT2D eigenvalue weighted by atomic mass is 16.3. The van der Waals surface area contributed by atoms with Crippen LogP contribution in [-0.4, -0.2) is 9.97 Å². The molecule has 0 saturated heterocycles. The zero-order valence-corrected chi connectivity index (χ0v) is 12.3. The van der Waals surface area contributed by atoms with Crippen molar-refractivity contribution in [3.05, 3.63) is 59.4 Å². The van der Waals surface area contributed by atoms with Crippen molar-refractivity contribution in [1.82, 2.24) is 9.97 Å². The summed E-state index contributed by atoms with van der Waals surface area (Å²) in [7, 11) is 0. The molecule has 0 radical (unpaired) electrons. The fraction of sp³-hybridized carbons (Fsp3) is 0.238. The standard InChI is InChI=1S/C21H20N2O/c1-12(2)18-10-19(22-11-13(18)3)17-7-5-6-15-16-9-8-14(4)23-21(16)24-20(15)17/h5-12H,1-4H3/i1D3,2D3,3D3,4D3,12D. The van der Waals surface area contributed by atoms with Crippen LogP contribution in [-0.2, 0) is 0 Å². The summed E-state index contributed by atoms with van der Waals surface area (Å²) in [6.07, 6.45) is 0.852. The molecule has 0 N–H and O–H groups in total. The second-order valence-electron chi connectivity index (χ2n) is 5.32. The van der Waals surface area contributed by atoms with Gasteiger partial charge in [0, 0.05) is 46.0 Å². The molecular formula is C21H20N2O. The summed E-state index contributed by atoms with van der Waals surface area (Å²) in [6, 6.07) is 8.70. The van der Waals surface area contributed by atoms with E-state index in [2.05, 4.69) is 9.97 Å². The van der Waals surface area contributed by atoms with Gasteiger partial charge < -0.3 is 4.42 Å². The van der Waals surface area contributed by atoms with Crippen molar-refractivity contribution in [1.29, 1.82) is 0 Å². The molecule has 0 saturated carbocycles. The van der Waals surface area contributed by atoms with Crippen molar-refractivity contribution in [2.45, 2.75) is 33.3 Å². The molecule has 0 aliphatic carbocycles. The monoisotopic (exact) mass is 329 g/mol. The topological polar surface area (TPSA) is 38.9 Å². The first kappa shape index (κ1) is 6.32. The molecule has 0 aliphatic heterocycles. The second-order valence-corrected chi connectivity index (χ2v) is 5.32. The van der Waals surface area contributed by atoms with Crippen LogP contribution in [0.2, 0.25) is 0 Å². The third-order valence-electron chi connectivity index (χ3n) is 3.81. The normalized spacial score (nSPS) is 22.2. The van der Waals surface area contributed by atoms with E-state index in [1.54, 1.807) is 12.1 Å². The third kappa shape index (κ3) is 2.28. The molecular weight excluding hydrogens is 296 g/mol. The maximum atomic E-state index is 8.59. The molecule has 3 heterocycles. The minimum Gasteiger partial charge on any atom is -0.437 e. The van der Waals surface area contributed by atoms with Crippen LogP contribution < -0.4 is 0 Å². The summed E-state index contributed by atoms with van der Waals surface area (Å²) in [5, 5.41) is 1.01. The van der Waals surface area contributed by atoms with Crippen molar-refractivity contribution in [3.8, 4) is 11.3 Å². The van der Waals surface area contributed by atoms with Gasteiger partial charge in [-0.15, -0.1) is 0 Å². The van der Waals surface area contributed by atoms with Crippen LogP contribution in [0.15, 0.2) is 47.0 Å². The maximum absolute atomic E-state index is 8.59. The molecule has 120 valence electrons. The molecule has 0 spiro atoms. The molecule has 24 heavy (non-hydrogen) atoms. The van der Waals surface area contributed by atoms with Crippen molar-refractivity contribution in [2.24, 2.45) is 0 Å². The fourth-order valence-electron chi connectivity index (χ4n) is 2.69. The molecule has 3 nitrogen and oxygen atoms in total. The molecule has 4 rings (SSSR count). The number of benzene rings is 1. The lowest BCUT2D eigenvalue weighted by Gasteiger charge is -2.11. The largest absolute Gasteiger partial charge is 0.437 e. The lowest BCUT2D eigenvalue weighted by Crippen LogP contribution is -1.95. The third-order valence-corrected chi connectivity index (χ3v) is 3.81. The van der Waals surface area contributed by atoms with E-state index in [1.807, 2.05) is 0 Å². The van der Waals surface area contributed by atoms with Gasteiger partial charge in [-0.1, -0.05) is 25.8 Å². The van der Waals surface area contributed by atoms with Crippen LogP contribution >= 0.6 is 0 Å². The molecule has 0 atom stereocenters. The number of furan rings is 1. The average Bonchev–Trinajstić information content (AvgIpc) is 3.13. The van der Waals surface area contributed by atoms with Crippen LogP contribution in [0.3, 0.4) is 0 Å². The Kier molecular flexibility index (Phi) is 1.43. The number of hydrogen-bond donors (Lipinski definition) is 0. The number of aryl methyl sites for hydroxylation is 2. The van der Waals surface area contributed by atoms with Gasteiger partial charge in [-0.3, -0.25) is 4.98 Å². The van der Waals surface area contributed by atoms with E-state index in [1.165, 1.54) is 18.2 Å². The average molecular weight is 329 g/mol. The first-order valence-electron chi connectivity index (χ1n) is 13.6. The highest BCUT2D eigenvalue weighted by molar-refractivity contribution is 6.08. The number of nitrogens with zero attached hydrogens (tertiary/aromatic N) is 2. The van der Waals surface area contributed by atoms with E-state index < -0.39 is 44.4 Å². The van der Waals surface area contributed by atoms with Gasteiger partial charge in [0.1, 0.15) is 5.58 Å². The lowest BCUT2D eigenvalue weighted by atomic mass is 9.97. The number of rotatable bonds is 2. The van der Waals surface area contributed by atoms with E-state index in [0.717, 1.165) is 12.3 Å². The number of pyridine rings is 2. The Morgan fingerprint density at radius 3 is 2.92 bits per heavy atom. The van der Waals surface area contributed by atoms with Crippen molar-refractivity contribution in [3.63, 3.8) is 0 Å². The predicted octanol–water partition coefficient (Wildman–Crippen LogP) is 5.78. The molecule has 1 aromatic carbocycles. The van der Waals surface area contributed by atoms with E-state index >= 15 is 0 Å². The van der Waals surface area contributed by atoms with Crippen LogP contribution in [0.5, 0.6) is 0 Å². The van der Waals surface area contributed by atoms with Crippen LogP contribution in [0, 0.1) is 13.7 Å². The van der Waals surface area contributed by atoms with E-state index in [4.69, 9.17) is 22.2 Å². The number of fused-ring (bicyclic) bond motifs is 3. The van der Waals surface area contributed by atoms with Gasteiger partial charge in [0.05, 0.1) is 5.69 Å². The van der Waals surface area contributed by atoms with Crippen LogP contribution in [0.1, 0.15) is 54.2 Å². The van der Waals surface area contributed by atoms with E-state index in [9.17, 15) is 0 Å². The maximum Gasteiger partial charge on any atom is 0.227 e. The Bertz CT molecular complexity index is 1480. The first-order valence-corrected chi connectivity index (χ1v) is 7.11. The molecule has 0 aliphatic rings. The van der Waals surface area contributed by atoms with Gasteiger partial charge in [0.15, 0.2) is 0 Å². The van der Waals surface area contributed by atoms with Crippen LogP contribution in [0.25, 0.3) is 33.3 Å². The van der Waals surface area contributed by atoms with Gasteiger partial charge in [0.25, 0.3) is 0 Å². The molecule has 0 bridgehead atoms. The Hall–Kier alpha value is -2.68. The Labute approximate surface area is 159 Å². The molecule has 3 aromatic heterocycles. The summed E-state index contributed by atoms with van der Waals surface area (Å²) < 4.78 is 108. The zero-order valence-electron chi connectivity index (χ0n) is 25.3. The summed E-state index contributed by atoms with van der Waals surface area (Å²) in [6.45, 7) is -12.3. The van der Waals surface area contributed by atoms with Crippen molar-refractivity contribution < 1.29 is 22.2 Å². The quantitative estimate of drug-likeness (QED) is 0.467. The fourth-order valence-corrected chi connectivity index (χ4v) is 2.69. The second kappa shape index (κ2) is 5.45. The highest BCUT2D eigenvalue weighted by Gasteiger charge is 2.15. The Morgan fingerprint density at radius 1 is 1.12 bits per heavy atom. The summed E-state index contributed by atoms with van der Waals surface area (Å²) in [5.74, 6) is -3.28. The van der Waals surface area contributed by atoms with Gasteiger partial charge in [0.2, 0.25) is 5.71 Å². The van der Waals surface area contributed by atoms with Gasteiger partial charge in [-0.2, -0.15) is 0 Å². The minimum atomic E-state index is -3.42. The Balaban J connectivity index is 2.04. The molecule has 3 heteroatoms. The Morgan fingerprint density at radius 2 is 2.08 bits per heavy atom. The molecule has 0 unspecified atom stereocenters. The minimum absolute atomic E-state index is 0.0234. The first-order chi connectivity index (χ1) is 16.8. The summed E-state index contributed by atoms with van der Waals surface area (Å²) >= 11 is 0.